The van der Waals surface area contributed by atoms with E-state index in [1.807, 2.05) is 30.9 Å². The van der Waals surface area contributed by atoms with Gasteiger partial charge in [-0.15, -0.1) is 0 Å². The van der Waals surface area contributed by atoms with E-state index >= 15 is 0 Å². The topological polar surface area (TPSA) is 90.3 Å². The van der Waals surface area contributed by atoms with E-state index in [-0.39, 0.29) is 12.0 Å². The van der Waals surface area contributed by atoms with Crippen LogP contribution in [0.15, 0.2) is 22.8 Å². The van der Waals surface area contributed by atoms with Gasteiger partial charge in [0, 0.05) is 6.54 Å². The lowest BCUT2D eigenvalue weighted by molar-refractivity contribution is 0.292. The van der Waals surface area contributed by atoms with Gasteiger partial charge in [0.1, 0.15) is 5.76 Å². The number of anilines is 2. The fourth-order valence-corrected chi connectivity index (χ4v) is 1.67. The molecule has 0 unspecified atom stereocenters. The van der Waals surface area contributed by atoms with Crippen molar-refractivity contribution in [2.45, 2.75) is 26.8 Å². The van der Waals surface area contributed by atoms with Crippen LogP contribution in [0.2, 0.25) is 0 Å². The van der Waals surface area contributed by atoms with E-state index in [1.54, 1.807) is 6.26 Å². The van der Waals surface area contributed by atoms with Gasteiger partial charge >= 0.3 is 6.01 Å². The number of nitrogens with two attached hydrogens (primary N) is 1. The van der Waals surface area contributed by atoms with Crippen LogP contribution in [0, 0.1) is 0 Å². The maximum atomic E-state index is 5.70. The molecule has 2 heterocycles. The quantitative estimate of drug-likeness (QED) is 0.826. The largest absolute Gasteiger partial charge is 0.467 e. The van der Waals surface area contributed by atoms with Gasteiger partial charge in [0.25, 0.3) is 0 Å². The minimum absolute atomic E-state index is 0.152. The molecule has 0 saturated heterocycles. The predicted octanol–water partition coefficient (Wildman–Crippen LogP) is 1.86. The monoisotopic (exact) mass is 277 g/mol. The molecule has 7 heteroatoms. The van der Waals surface area contributed by atoms with Crippen LogP contribution >= 0.6 is 0 Å². The molecule has 2 rings (SSSR count). The minimum atomic E-state index is 0.152. The highest BCUT2D eigenvalue weighted by atomic mass is 16.5. The molecule has 0 atom stereocenters. The molecule has 0 fully saturated rings. The molecular weight excluding hydrogens is 258 g/mol. The summed E-state index contributed by atoms with van der Waals surface area (Å²) in [4.78, 5) is 14.3. The third-order valence-electron chi connectivity index (χ3n) is 2.65. The molecule has 0 radical (unpaired) electrons. The molecule has 2 N–H and O–H groups in total. The van der Waals surface area contributed by atoms with Crippen molar-refractivity contribution in [1.82, 2.24) is 15.0 Å². The molecule has 20 heavy (non-hydrogen) atoms. The Balaban J connectivity index is 2.17. The van der Waals surface area contributed by atoms with Crippen molar-refractivity contribution in [3.05, 3.63) is 24.2 Å². The highest BCUT2D eigenvalue weighted by Crippen LogP contribution is 2.16. The molecule has 0 spiro atoms. The number of hydrogen-bond acceptors (Lipinski definition) is 7. The normalized spacial score (nSPS) is 10.5. The van der Waals surface area contributed by atoms with Crippen LogP contribution < -0.4 is 15.4 Å². The van der Waals surface area contributed by atoms with E-state index in [2.05, 4.69) is 15.0 Å². The van der Waals surface area contributed by atoms with Gasteiger partial charge in [-0.25, -0.2) is 0 Å². The van der Waals surface area contributed by atoms with E-state index in [1.165, 1.54) is 0 Å². The number of ether oxygens (including phenoxy) is 1. The first-order valence-electron chi connectivity index (χ1n) is 6.64. The molecule has 2 aromatic heterocycles. The predicted molar refractivity (Wildman–Crippen MR) is 75.5 cm³/mol. The molecule has 0 bridgehead atoms. The summed E-state index contributed by atoms with van der Waals surface area (Å²) in [7, 11) is 0. The first kappa shape index (κ1) is 14.1. The van der Waals surface area contributed by atoms with Gasteiger partial charge < -0.3 is 19.8 Å². The molecule has 0 aliphatic heterocycles. The highest BCUT2D eigenvalue weighted by Gasteiger charge is 2.13. The van der Waals surface area contributed by atoms with Crippen molar-refractivity contribution in [3.8, 4) is 6.01 Å². The SMILES string of the molecule is CCCOc1nc(N)nc(N(CC)Cc2ccco2)n1. The Morgan fingerprint density at radius 1 is 1.30 bits per heavy atom. The Kier molecular flexibility index (Phi) is 4.75. The smallest absolute Gasteiger partial charge is 0.323 e. The summed E-state index contributed by atoms with van der Waals surface area (Å²) in [6, 6.07) is 4.01. The molecule has 0 amide bonds. The fraction of sp³-hybridized carbons (Fsp3) is 0.462. The van der Waals surface area contributed by atoms with Crippen molar-refractivity contribution in [2.24, 2.45) is 0 Å². The number of furan rings is 1. The van der Waals surface area contributed by atoms with E-state index < -0.39 is 0 Å². The molecule has 2 aromatic rings. The highest BCUT2D eigenvalue weighted by molar-refractivity contribution is 5.36. The molecule has 0 saturated carbocycles. The number of nitrogens with zero attached hydrogens (tertiary/aromatic N) is 4. The standard InChI is InChI=1S/C13H19N5O2/c1-3-7-20-13-16-11(14)15-12(17-13)18(4-2)9-10-6-5-8-19-10/h5-6,8H,3-4,7,9H2,1-2H3,(H2,14,15,16,17). The van der Waals surface area contributed by atoms with Crippen molar-refractivity contribution >= 4 is 11.9 Å². The van der Waals surface area contributed by atoms with E-state index in [0.29, 0.717) is 19.1 Å². The molecule has 0 aliphatic rings. The zero-order valence-electron chi connectivity index (χ0n) is 11.7. The molecule has 0 aliphatic carbocycles. The second-order valence-corrected chi connectivity index (χ2v) is 4.22. The second kappa shape index (κ2) is 6.74. The van der Waals surface area contributed by atoms with E-state index in [9.17, 15) is 0 Å². The Hall–Kier alpha value is -2.31. The summed E-state index contributed by atoms with van der Waals surface area (Å²) in [5.41, 5.74) is 5.70. The van der Waals surface area contributed by atoms with Gasteiger partial charge in [-0.2, -0.15) is 15.0 Å². The lowest BCUT2D eigenvalue weighted by Crippen LogP contribution is -2.25. The van der Waals surface area contributed by atoms with Gasteiger partial charge in [0.05, 0.1) is 19.4 Å². The molecule has 0 aromatic carbocycles. The molecular formula is C13H19N5O2. The first-order chi connectivity index (χ1) is 9.72. The summed E-state index contributed by atoms with van der Waals surface area (Å²) >= 11 is 0. The zero-order chi connectivity index (χ0) is 14.4. The van der Waals surface area contributed by atoms with Crippen LogP contribution in [0.25, 0.3) is 0 Å². The van der Waals surface area contributed by atoms with Crippen molar-refractivity contribution in [2.75, 3.05) is 23.8 Å². The zero-order valence-corrected chi connectivity index (χ0v) is 11.7. The van der Waals surface area contributed by atoms with Crippen LogP contribution in [-0.2, 0) is 6.54 Å². The van der Waals surface area contributed by atoms with Crippen LogP contribution in [0.3, 0.4) is 0 Å². The molecule has 7 nitrogen and oxygen atoms in total. The van der Waals surface area contributed by atoms with Gasteiger partial charge in [-0.1, -0.05) is 6.92 Å². The Bertz CT molecular complexity index is 530. The Morgan fingerprint density at radius 2 is 2.15 bits per heavy atom. The lowest BCUT2D eigenvalue weighted by Gasteiger charge is -2.19. The first-order valence-corrected chi connectivity index (χ1v) is 6.64. The number of aromatic nitrogens is 3. The number of hydrogen-bond donors (Lipinski definition) is 1. The maximum absolute atomic E-state index is 5.70. The van der Waals surface area contributed by atoms with Gasteiger partial charge in [-0.05, 0) is 25.5 Å². The van der Waals surface area contributed by atoms with Crippen LogP contribution in [0.4, 0.5) is 11.9 Å². The average Bonchev–Trinajstić information content (AvgIpc) is 2.95. The van der Waals surface area contributed by atoms with E-state index in [0.717, 1.165) is 18.7 Å². The van der Waals surface area contributed by atoms with Gasteiger partial charge in [0.15, 0.2) is 0 Å². The number of rotatable bonds is 7. The lowest BCUT2D eigenvalue weighted by atomic mass is 10.4. The minimum Gasteiger partial charge on any atom is -0.467 e. The van der Waals surface area contributed by atoms with Crippen molar-refractivity contribution in [3.63, 3.8) is 0 Å². The molecule has 108 valence electrons. The van der Waals surface area contributed by atoms with Crippen LogP contribution in [-0.4, -0.2) is 28.1 Å². The van der Waals surface area contributed by atoms with Crippen LogP contribution in [0.1, 0.15) is 26.0 Å². The third-order valence-corrected chi connectivity index (χ3v) is 2.65. The summed E-state index contributed by atoms with van der Waals surface area (Å²) < 4.78 is 10.8. The number of nitrogen functional groups attached to an aromatic ring is 1. The fourth-order valence-electron chi connectivity index (χ4n) is 1.67. The summed E-state index contributed by atoms with van der Waals surface area (Å²) in [5.74, 6) is 1.48. The average molecular weight is 277 g/mol. The van der Waals surface area contributed by atoms with Crippen molar-refractivity contribution < 1.29 is 9.15 Å². The Labute approximate surface area is 117 Å². The third kappa shape index (κ3) is 3.59. The van der Waals surface area contributed by atoms with E-state index in [4.69, 9.17) is 14.9 Å². The summed E-state index contributed by atoms with van der Waals surface area (Å²) in [6.45, 7) is 5.86. The van der Waals surface area contributed by atoms with Gasteiger partial charge in [0.2, 0.25) is 11.9 Å². The maximum Gasteiger partial charge on any atom is 0.323 e. The summed E-state index contributed by atoms with van der Waals surface area (Å²) in [5, 5.41) is 0. The van der Waals surface area contributed by atoms with Crippen molar-refractivity contribution in [1.29, 1.82) is 0 Å². The Morgan fingerprint density at radius 3 is 2.80 bits per heavy atom. The second-order valence-electron chi connectivity index (χ2n) is 4.22. The van der Waals surface area contributed by atoms with Crippen LogP contribution in [0.5, 0.6) is 6.01 Å². The summed E-state index contributed by atoms with van der Waals surface area (Å²) in [6.07, 6.45) is 2.52. The van der Waals surface area contributed by atoms with Gasteiger partial charge in [-0.3, -0.25) is 0 Å².